The Bertz CT molecular complexity index is 561. The van der Waals surface area contributed by atoms with Gasteiger partial charge in [-0.05, 0) is 41.8 Å². The van der Waals surface area contributed by atoms with Crippen LogP contribution in [0.2, 0.25) is 0 Å². The van der Waals surface area contributed by atoms with E-state index in [1.54, 1.807) is 0 Å². The Morgan fingerprint density at radius 1 is 0.950 bits per heavy atom. The Morgan fingerprint density at radius 3 is 2.00 bits per heavy atom. The Kier molecular flexibility index (Phi) is 4.76. The molecule has 0 amide bonds. The summed E-state index contributed by atoms with van der Waals surface area (Å²) in [7, 11) is 0. The molecule has 0 aromatic heterocycles. The molecule has 1 atom stereocenters. The molecular weight excluding hydrogens is 353 g/mol. The molecule has 2 rings (SSSR count). The van der Waals surface area contributed by atoms with E-state index in [9.17, 15) is 13.2 Å². The lowest BCUT2D eigenvalue weighted by Gasteiger charge is -2.11. The summed E-state index contributed by atoms with van der Waals surface area (Å²) in [6.45, 7) is 0. The van der Waals surface area contributed by atoms with E-state index in [0.29, 0.717) is 6.42 Å². The highest BCUT2D eigenvalue weighted by Crippen LogP contribution is 2.31. The first-order valence-corrected chi connectivity index (χ1v) is 7.15. The lowest BCUT2D eigenvalue weighted by Crippen LogP contribution is -2.05. The Morgan fingerprint density at radius 2 is 1.50 bits per heavy atom. The van der Waals surface area contributed by atoms with E-state index in [2.05, 4.69) is 15.9 Å². The molecule has 0 heterocycles. The average Bonchev–Trinajstić information content (AvgIpc) is 2.39. The predicted molar refractivity (Wildman–Crippen MR) is 77.9 cm³/mol. The summed E-state index contributed by atoms with van der Waals surface area (Å²) in [6, 6.07) is 12.7. The molecule has 5 heteroatoms. The number of hydrogen-bond acceptors (Lipinski definition) is 0. The molecule has 1 unspecified atom stereocenters. The molecule has 106 valence electrons. The first-order chi connectivity index (χ1) is 9.36. The van der Waals surface area contributed by atoms with Gasteiger partial charge >= 0.3 is 6.18 Å². The van der Waals surface area contributed by atoms with Gasteiger partial charge in [0, 0.05) is 4.47 Å². The van der Waals surface area contributed by atoms with Crippen LogP contribution >= 0.6 is 27.5 Å². The van der Waals surface area contributed by atoms with E-state index >= 15 is 0 Å². The topological polar surface area (TPSA) is 0 Å². The van der Waals surface area contributed by atoms with E-state index < -0.39 is 11.7 Å². The van der Waals surface area contributed by atoms with Crippen molar-refractivity contribution < 1.29 is 13.2 Å². The predicted octanol–water partition coefficient (Wildman–Crippen LogP) is 5.99. The third-order valence-corrected chi connectivity index (χ3v) is 3.86. The van der Waals surface area contributed by atoms with Gasteiger partial charge in [-0.2, -0.15) is 13.2 Å². The largest absolute Gasteiger partial charge is 0.416 e. The van der Waals surface area contributed by atoms with Gasteiger partial charge in [0.1, 0.15) is 0 Å². The van der Waals surface area contributed by atoms with Crippen molar-refractivity contribution in [1.82, 2.24) is 0 Å². The number of benzene rings is 2. The maximum absolute atomic E-state index is 12.5. The van der Waals surface area contributed by atoms with Crippen molar-refractivity contribution >= 4 is 27.5 Å². The summed E-state index contributed by atoms with van der Waals surface area (Å²) in [5, 5.41) is -0.264. The summed E-state index contributed by atoms with van der Waals surface area (Å²) >= 11 is 9.62. The second-order valence-corrected chi connectivity index (χ2v) is 5.86. The zero-order valence-corrected chi connectivity index (χ0v) is 12.6. The fourth-order valence-electron chi connectivity index (χ4n) is 1.83. The molecule has 2 aromatic carbocycles. The Balaban J connectivity index is 2.08. The molecule has 0 N–H and O–H groups in total. The third kappa shape index (κ3) is 4.00. The molecule has 0 saturated heterocycles. The van der Waals surface area contributed by atoms with Crippen molar-refractivity contribution in [3.8, 4) is 0 Å². The van der Waals surface area contributed by atoms with Gasteiger partial charge in [0.2, 0.25) is 0 Å². The van der Waals surface area contributed by atoms with Crippen molar-refractivity contribution in [2.75, 3.05) is 0 Å². The molecule has 0 saturated carbocycles. The van der Waals surface area contributed by atoms with Crippen LogP contribution in [0, 0.1) is 0 Å². The number of rotatable bonds is 3. The van der Waals surface area contributed by atoms with Crippen LogP contribution < -0.4 is 0 Å². The van der Waals surface area contributed by atoms with Crippen LogP contribution in [0.5, 0.6) is 0 Å². The van der Waals surface area contributed by atoms with Gasteiger partial charge in [-0.15, -0.1) is 11.6 Å². The van der Waals surface area contributed by atoms with E-state index in [1.807, 2.05) is 24.3 Å². The average molecular weight is 364 g/mol. The van der Waals surface area contributed by atoms with Crippen LogP contribution in [-0.2, 0) is 12.6 Å². The van der Waals surface area contributed by atoms with Gasteiger partial charge in [-0.3, -0.25) is 0 Å². The quantitative estimate of drug-likeness (QED) is 0.588. The molecule has 0 aliphatic rings. The molecule has 20 heavy (non-hydrogen) atoms. The van der Waals surface area contributed by atoms with Crippen LogP contribution in [0.3, 0.4) is 0 Å². The molecular formula is C15H11BrClF3. The molecule has 0 aliphatic heterocycles. The Labute approximate surface area is 128 Å². The molecule has 0 spiro atoms. The van der Waals surface area contributed by atoms with Crippen LogP contribution in [0.4, 0.5) is 13.2 Å². The minimum Gasteiger partial charge on any atom is -0.166 e. The summed E-state index contributed by atoms with van der Waals surface area (Å²) < 4.78 is 38.3. The molecule has 0 fully saturated rings. The van der Waals surface area contributed by atoms with E-state index in [0.717, 1.165) is 27.7 Å². The van der Waals surface area contributed by atoms with E-state index in [-0.39, 0.29) is 5.38 Å². The molecule has 0 aliphatic carbocycles. The van der Waals surface area contributed by atoms with Crippen LogP contribution in [0.25, 0.3) is 0 Å². The SMILES string of the molecule is FC(F)(F)c1ccc(CC(Cl)c2ccc(Br)cc2)cc1. The van der Waals surface area contributed by atoms with Crippen molar-refractivity contribution in [2.45, 2.75) is 18.0 Å². The Hall–Kier alpha value is -1.00. The van der Waals surface area contributed by atoms with Gasteiger partial charge in [0.05, 0.1) is 10.9 Å². The fraction of sp³-hybridized carbons (Fsp3) is 0.200. The summed E-state index contributed by atoms with van der Waals surface area (Å²) in [6.07, 6.45) is -3.81. The highest BCUT2D eigenvalue weighted by Gasteiger charge is 2.29. The molecule has 2 aromatic rings. The normalized spacial score (nSPS) is 13.2. The van der Waals surface area contributed by atoms with E-state index in [4.69, 9.17) is 11.6 Å². The number of hydrogen-bond donors (Lipinski definition) is 0. The summed E-state index contributed by atoms with van der Waals surface area (Å²) in [5.41, 5.74) is 1.08. The monoisotopic (exact) mass is 362 g/mol. The van der Waals surface area contributed by atoms with E-state index in [1.165, 1.54) is 12.1 Å². The van der Waals surface area contributed by atoms with Crippen LogP contribution in [0.1, 0.15) is 22.1 Å². The molecule has 0 radical (unpaired) electrons. The first-order valence-electron chi connectivity index (χ1n) is 5.92. The smallest absolute Gasteiger partial charge is 0.166 e. The second-order valence-electron chi connectivity index (χ2n) is 4.42. The molecule has 0 nitrogen and oxygen atoms in total. The maximum Gasteiger partial charge on any atom is 0.416 e. The fourth-order valence-corrected chi connectivity index (χ4v) is 2.41. The maximum atomic E-state index is 12.5. The number of halogens is 5. The molecule has 0 bridgehead atoms. The zero-order chi connectivity index (χ0) is 14.8. The highest BCUT2D eigenvalue weighted by atomic mass is 79.9. The summed E-state index contributed by atoms with van der Waals surface area (Å²) in [4.78, 5) is 0. The lowest BCUT2D eigenvalue weighted by molar-refractivity contribution is -0.137. The van der Waals surface area contributed by atoms with Gasteiger partial charge in [0.25, 0.3) is 0 Å². The van der Waals surface area contributed by atoms with Gasteiger partial charge in [-0.1, -0.05) is 40.2 Å². The summed E-state index contributed by atoms with van der Waals surface area (Å²) in [5.74, 6) is 0. The van der Waals surface area contributed by atoms with Crippen molar-refractivity contribution in [3.63, 3.8) is 0 Å². The van der Waals surface area contributed by atoms with Gasteiger partial charge < -0.3 is 0 Å². The third-order valence-electron chi connectivity index (χ3n) is 2.93. The minimum absolute atomic E-state index is 0.264. The highest BCUT2D eigenvalue weighted by molar-refractivity contribution is 9.10. The first kappa shape index (κ1) is 15.4. The standard InChI is InChI=1S/C15H11BrClF3/c16-13-7-3-11(4-8-13)14(17)9-10-1-5-12(6-2-10)15(18,19)20/h1-8,14H,9H2. The van der Waals surface area contributed by atoms with Crippen molar-refractivity contribution in [1.29, 1.82) is 0 Å². The van der Waals surface area contributed by atoms with Crippen molar-refractivity contribution in [2.24, 2.45) is 0 Å². The van der Waals surface area contributed by atoms with Crippen molar-refractivity contribution in [3.05, 3.63) is 69.7 Å². The van der Waals surface area contributed by atoms with Gasteiger partial charge in [-0.25, -0.2) is 0 Å². The minimum atomic E-state index is -4.30. The number of alkyl halides is 4. The second kappa shape index (κ2) is 6.19. The zero-order valence-electron chi connectivity index (χ0n) is 10.3. The lowest BCUT2D eigenvalue weighted by atomic mass is 10.0. The van der Waals surface area contributed by atoms with Crippen LogP contribution in [0.15, 0.2) is 53.0 Å². The van der Waals surface area contributed by atoms with Crippen LogP contribution in [-0.4, -0.2) is 0 Å². The van der Waals surface area contributed by atoms with Gasteiger partial charge in [0.15, 0.2) is 0 Å².